The molecule has 0 aliphatic rings. The van der Waals surface area contributed by atoms with Gasteiger partial charge in [-0.15, -0.1) is 0 Å². The predicted molar refractivity (Wildman–Crippen MR) is 82.1 cm³/mol. The minimum atomic E-state index is -0.395. The molecular formula is C14H13Br2FN2. The van der Waals surface area contributed by atoms with Gasteiger partial charge in [-0.1, -0.05) is 37.9 Å². The van der Waals surface area contributed by atoms with Crippen LogP contribution in [-0.4, -0.2) is 0 Å². The van der Waals surface area contributed by atoms with Crippen molar-refractivity contribution in [3.05, 3.63) is 67.9 Å². The van der Waals surface area contributed by atoms with Gasteiger partial charge in [0.2, 0.25) is 0 Å². The Morgan fingerprint density at radius 3 is 2.47 bits per heavy atom. The zero-order valence-electron chi connectivity index (χ0n) is 10.3. The number of nitrogens with one attached hydrogen (secondary N) is 1. The molecule has 2 nitrogen and oxygen atoms in total. The van der Waals surface area contributed by atoms with Crippen LogP contribution in [0.3, 0.4) is 0 Å². The molecule has 1 atom stereocenters. The molecule has 0 bridgehead atoms. The minimum absolute atomic E-state index is 0.288. The summed E-state index contributed by atoms with van der Waals surface area (Å²) < 4.78 is 15.7. The standard InChI is InChI=1S/C14H13Br2FN2/c1-8-4-9(6-11(16)5-8)14(19-18)12-7-10(15)2-3-13(12)17/h2-7,14,19H,18H2,1H3. The second kappa shape index (κ2) is 6.13. The van der Waals surface area contributed by atoms with Crippen molar-refractivity contribution in [2.75, 3.05) is 0 Å². The Morgan fingerprint density at radius 1 is 1.11 bits per heavy atom. The lowest BCUT2D eigenvalue weighted by Crippen LogP contribution is -2.29. The summed E-state index contributed by atoms with van der Waals surface area (Å²) in [5.74, 6) is 5.32. The normalized spacial score (nSPS) is 12.5. The van der Waals surface area contributed by atoms with Crippen LogP contribution in [0.5, 0.6) is 0 Å². The van der Waals surface area contributed by atoms with Gasteiger partial charge >= 0.3 is 0 Å². The maximum Gasteiger partial charge on any atom is 0.128 e. The summed E-state index contributed by atoms with van der Waals surface area (Å²) in [6.45, 7) is 1.99. The summed E-state index contributed by atoms with van der Waals surface area (Å²) in [7, 11) is 0. The van der Waals surface area contributed by atoms with Crippen LogP contribution < -0.4 is 11.3 Å². The van der Waals surface area contributed by atoms with E-state index in [9.17, 15) is 4.39 Å². The number of nitrogens with two attached hydrogens (primary N) is 1. The van der Waals surface area contributed by atoms with Crippen molar-refractivity contribution in [2.45, 2.75) is 13.0 Å². The van der Waals surface area contributed by atoms with Gasteiger partial charge in [-0.25, -0.2) is 9.82 Å². The highest BCUT2D eigenvalue weighted by Gasteiger charge is 2.17. The molecule has 0 fully saturated rings. The van der Waals surface area contributed by atoms with E-state index in [1.165, 1.54) is 6.07 Å². The van der Waals surface area contributed by atoms with E-state index in [2.05, 4.69) is 37.3 Å². The zero-order valence-corrected chi connectivity index (χ0v) is 13.4. The van der Waals surface area contributed by atoms with Gasteiger partial charge in [0.05, 0.1) is 6.04 Å². The Balaban J connectivity index is 2.52. The van der Waals surface area contributed by atoms with Gasteiger partial charge in [0.15, 0.2) is 0 Å². The fraction of sp³-hybridized carbons (Fsp3) is 0.143. The lowest BCUT2D eigenvalue weighted by molar-refractivity contribution is 0.559. The predicted octanol–water partition coefficient (Wildman–Crippen LogP) is 4.21. The summed E-state index contributed by atoms with van der Waals surface area (Å²) in [6, 6.07) is 10.3. The highest BCUT2D eigenvalue weighted by Crippen LogP contribution is 2.29. The highest BCUT2D eigenvalue weighted by atomic mass is 79.9. The Kier molecular flexibility index (Phi) is 4.73. The van der Waals surface area contributed by atoms with Gasteiger partial charge in [-0.3, -0.25) is 5.84 Å². The number of hydrogen-bond donors (Lipinski definition) is 2. The van der Waals surface area contributed by atoms with Crippen LogP contribution in [-0.2, 0) is 0 Å². The third-order valence-electron chi connectivity index (χ3n) is 2.83. The topological polar surface area (TPSA) is 38.0 Å². The molecule has 1 unspecified atom stereocenters. The number of aryl methyl sites for hydroxylation is 1. The van der Waals surface area contributed by atoms with Crippen LogP contribution in [0.2, 0.25) is 0 Å². The Hall–Kier alpha value is -0.750. The molecule has 5 heteroatoms. The maximum atomic E-state index is 14.0. The summed E-state index contributed by atoms with van der Waals surface area (Å²) in [5.41, 5.74) is 5.18. The molecule has 0 heterocycles. The minimum Gasteiger partial charge on any atom is -0.271 e. The molecular weight excluding hydrogens is 375 g/mol. The number of benzene rings is 2. The van der Waals surface area contributed by atoms with Gasteiger partial charge < -0.3 is 0 Å². The average molecular weight is 388 g/mol. The first-order valence-electron chi connectivity index (χ1n) is 5.69. The number of hydrazine groups is 1. The molecule has 3 N–H and O–H groups in total. The third-order valence-corrected chi connectivity index (χ3v) is 3.78. The third kappa shape index (κ3) is 3.42. The molecule has 0 aromatic heterocycles. The quantitative estimate of drug-likeness (QED) is 0.611. The molecule has 0 amide bonds. The first kappa shape index (κ1) is 14.7. The van der Waals surface area contributed by atoms with E-state index in [0.717, 1.165) is 20.1 Å². The monoisotopic (exact) mass is 386 g/mol. The van der Waals surface area contributed by atoms with E-state index in [1.54, 1.807) is 12.1 Å². The number of rotatable bonds is 3. The molecule has 2 aromatic carbocycles. The number of hydrogen-bond acceptors (Lipinski definition) is 2. The largest absolute Gasteiger partial charge is 0.271 e. The average Bonchev–Trinajstić information content (AvgIpc) is 2.33. The van der Waals surface area contributed by atoms with Crippen molar-refractivity contribution in [1.82, 2.24) is 5.43 Å². The molecule has 0 aliphatic carbocycles. The first-order chi connectivity index (χ1) is 9.01. The van der Waals surface area contributed by atoms with Gasteiger partial charge in [0.1, 0.15) is 5.82 Å². The van der Waals surface area contributed by atoms with E-state index in [4.69, 9.17) is 5.84 Å². The van der Waals surface area contributed by atoms with Crippen molar-refractivity contribution < 1.29 is 4.39 Å². The first-order valence-corrected chi connectivity index (χ1v) is 7.28. The van der Waals surface area contributed by atoms with Crippen LogP contribution in [0.25, 0.3) is 0 Å². The second-order valence-corrected chi connectivity index (χ2v) is 6.16. The zero-order chi connectivity index (χ0) is 14.0. The van der Waals surface area contributed by atoms with Crippen LogP contribution in [0.15, 0.2) is 45.3 Å². The Bertz CT molecular complexity index is 582. The molecule has 2 aromatic rings. The van der Waals surface area contributed by atoms with Gasteiger partial charge in [-0.2, -0.15) is 0 Å². The van der Waals surface area contributed by atoms with E-state index in [1.807, 2.05) is 25.1 Å². The molecule has 0 aliphatic heterocycles. The number of halogens is 3. The van der Waals surface area contributed by atoms with Gasteiger partial charge in [-0.05, 0) is 48.4 Å². The molecule has 100 valence electrons. The van der Waals surface area contributed by atoms with Crippen LogP contribution in [0.4, 0.5) is 4.39 Å². The fourth-order valence-electron chi connectivity index (χ4n) is 2.03. The summed E-state index contributed by atoms with van der Waals surface area (Å²) in [5, 5.41) is 0. The molecule has 0 spiro atoms. The van der Waals surface area contributed by atoms with E-state index in [-0.39, 0.29) is 5.82 Å². The lowest BCUT2D eigenvalue weighted by Gasteiger charge is -2.19. The highest BCUT2D eigenvalue weighted by molar-refractivity contribution is 9.10. The van der Waals surface area contributed by atoms with Crippen LogP contribution >= 0.6 is 31.9 Å². The molecule has 2 rings (SSSR count). The van der Waals surface area contributed by atoms with Crippen LogP contribution in [0, 0.1) is 12.7 Å². The van der Waals surface area contributed by atoms with Crippen LogP contribution in [0.1, 0.15) is 22.7 Å². The lowest BCUT2D eigenvalue weighted by atomic mass is 9.97. The smallest absolute Gasteiger partial charge is 0.128 e. The molecule has 19 heavy (non-hydrogen) atoms. The van der Waals surface area contributed by atoms with Gasteiger partial charge in [0.25, 0.3) is 0 Å². The van der Waals surface area contributed by atoms with Crippen molar-refractivity contribution in [1.29, 1.82) is 0 Å². The van der Waals surface area contributed by atoms with Crippen molar-refractivity contribution in [3.8, 4) is 0 Å². The SMILES string of the molecule is Cc1cc(Br)cc(C(NN)c2cc(Br)ccc2F)c1. The van der Waals surface area contributed by atoms with Crippen molar-refractivity contribution >= 4 is 31.9 Å². The fourth-order valence-corrected chi connectivity index (χ4v) is 3.04. The molecule has 0 saturated heterocycles. The van der Waals surface area contributed by atoms with Gasteiger partial charge in [0, 0.05) is 14.5 Å². The molecule has 0 radical (unpaired) electrons. The van der Waals surface area contributed by atoms with E-state index in [0.29, 0.717) is 5.56 Å². The Labute approximate surface area is 128 Å². The van der Waals surface area contributed by atoms with Crippen molar-refractivity contribution in [3.63, 3.8) is 0 Å². The summed E-state index contributed by atoms with van der Waals surface area (Å²) >= 11 is 6.80. The van der Waals surface area contributed by atoms with E-state index < -0.39 is 6.04 Å². The van der Waals surface area contributed by atoms with Crippen molar-refractivity contribution in [2.24, 2.45) is 5.84 Å². The second-order valence-electron chi connectivity index (χ2n) is 4.33. The molecule has 0 saturated carbocycles. The maximum absolute atomic E-state index is 14.0. The van der Waals surface area contributed by atoms with E-state index >= 15 is 0 Å². The summed E-state index contributed by atoms with van der Waals surface area (Å²) in [4.78, 5) is 0. The Morgan fingerprint density at radius 2 is 1.84 bits per heavy atom. The summed E-state index contributed by atoms with van der Waals surface area (Å²) in [6.07, 6.45) is 0.